The zero-order valence-electron chi connectivity index (χ0n) is 12.0. The summed E-state index contributed by atoms with van der Waals surface area (Å²) in [5.74, 6) is 2.88. The van der Waals surface area contributed by atoms with Gasteiger partial charge >= 0.3 is 0 Å². The molecule has 0 amide bonds. The Hall–Kier alpha value is -1.88. The summed E-state index contributed by atoms with van der Waals surface area (Å²) in [5, 5.41) is 12.2. The first-order valence-electron chi connectivity index (χ1n) is 7.23. The summed E-state index contributed by atoms with van der Waals surface area (Å²) in [7, 11) is 0. The molecule has 1 aliphatic heterocycles. The highest BCUT2D eigenvalue weighted by molar-refractivity contribution is 5.57. The van der Waals surface area contributed by atoms with Crippen LogP contribution < -0.4 is 10.1 Å². The van der Waals surface area contributed by atoms with E-state index >= 15 is 0 Å². The summed E-state index contributed by atoms with van der Waals surface area (Å²) in [6.45, 7) is 6.72. The molecule has 0 bridgehead atoms. The lowest BCUT2D eigenvalue weighted by Gasteiger charge is -2.24. The summed E-state index contributed by atoms with van der Waals surface area (Å²) < 4.78 is 7.70. The first-order valence-corrected chi connectivity index (χ1v) is 7.23. The molecular weight excluding hydrogens is 252 g/mol. The average molecular weight is 272 g/mol. The molecule has 0 aliphatic carbocycles. The van der Waals surface area contributed by atoms with Crippen molar-refractivity contribution in [1.29, 1.82) is 0 Å². The van der Waals surface area contributed by atoms with Crippen molar-refractivity contribution in [2.75, 3.05) is 13.2 Å². The molecule has 1 aromatic carbocycles. The Labute approximate surface area is 119 Å². The molecule has 3 rings (SSSR count). The topological polar surface area (TPSA) is 52.0 Å². The molecule has 1 atom stereocenters. The number of hydrogen-bond acceptors (Lipinski definition) is 4. The molecule has 0 saturated heterocycles. The molecule has 5 heteroatoms. The quantitative estimate of drug-likeness (QED) is 0.928. The van der Waals surface area contributed by atoms with Gasteiger partial charge in [0.15, 0.2) is 11.6 Å². The number of nitrogens with one attached hydrogen (secondary N) is 1. The first-order chi connectivity index (χ1) is 9.83. The van der Waals surface area contributed by atoms with E-state index < -0.39 is 0 Å². The van der Waals surface area contributed by atoms with E-state index in [1.165, 1.54) is 0 Å². The van der Waals surface area contributed by atoms with Crippen molar-refractivity contribution >= 4 is 0 Å². The molecule has 1 aromatic heterocycles. The van der Waals surface area contributed by atoms with Crippen molar-refractivity contribution in [3.63, 3.8) is 0 Å². The van der Waals surface area contributed by atoms with E-state index in [2.05, 4.69) is 27.0 Å². The number of nitrogens with zero attached hydrogens (tertiary/aromatic N) is 3. The van der Waals surface area contributed by atoms with Gasteiger partial charge in [0, 0.05) is 18.7 Å². The number of benzene rings is 1. The average Bonchev–Trinajstić information content (AvgIpc) is 2.92. The Morgan fingerprint density at radius 3 is 2.75 bits per heavy atom. The highest BCUT2D eigenvalue weighted by Gasteiger charge is 2.23. The van der Waals surface area contributed by atoms with Gasteiger partial charge in [-0.3, -0.25) is 0 Å². The Bertz CT molecular complexity index is 576. The van der Waals surface area contributed by atoms with Crippen LogP contribution in [0.3, 0.4) is 0 Å². The number of ether oxygens (including phenoxy) is 1. The maximum absolute atomic E-state index is 5.47. The predicted molar refractivity (Wildman–Crippen MR) is 77.7 cm³/mol. The fourth-order valence-electron chi connectivity index (χ4n) is 2.64. The lowest BCUT2D eigenvalue weighted by molar-refractivity contribution is 0.340. The number of rotatable bonds is 4. The second kappa shape index (κ2) is 5.63. The van der Waals surface area contributed by atoms with Gasteiger partial charge in [0.05, 0.1) is 12.6 Å². The normalized spacial score (nSPS) is 17.8. The smallest absolute Gasteiger partial charge is 0.164 e. The van der Waals surface area contributed by atoms with Crippen LogP contribution in [-0.2, 0) is 6.54 Å². The molecule has 1 aliphatic rings. The minimum Gasteiger partial charge on any atom is -0.494 e. The maximum Gasteiger partial charge on any atom is 0.164 e. The zero-order valence-corrected chi connectivity index (χ0v) is 12.0. The highest BCUT2D eigenvalue weighted by Crippen LogP contribution is 2.26. The van der Waals surface area contributed by atoms with Gasteiger partial charge in [-0.25, -0.2) is 0 Å². The lowest BCUT2D eigenvalue weighted by atomic mass is 10.1. The van der Waals surface area contributed by atoms with Crippen LogP contribution in [0.4, 0.5) is 0 Å². The third kappa shape index (κ3) is 2.29. The van der Waals surface area contributed by atoms with Crippen molar-refractivity contribution in [1.82, 2.24) is 20.1 Å². The molecule has 0 saturated carbocycles. The minimum absolute atomic E-state index is 0.313. The number of fused-ring (bicyclic) bond motifs is 1. The van der Waals surface area contributed by atoms with Gasteiger partial charge in [-0.2, -0.15) is 0 Å². The Morgan fingerprint density at radius 2 is 2.05 bits per heavy atom. The second-order valence-electron chi connectivity index (χ2n) is 4.91. The van der Waals surface area contributed by atoms with E-state index in [0.717, 1.165) is 42.5 Å². The SMILES string of the molecule is CCOc1ccc(-c2nnc3n2CCNC3CC)cc1. The second-order valence-corrected chi connectivity index (χ2v) is 4.91. The van der Waals surface area contributed by atoms with E-state index in [0.29, 0.717) is 12.6 Å². The van der Waals surface area contributed by atoms with Gasteiger partial charge < -0.3 is 14.6 Å². The van der Waals surface area contributed by atoms with Gasteiger partial charge in [0.1, 0.15) is 5.75 Å². The van der Waals surface area contributed by atoms with Gasteiger partial charge in [0.2, 0.25) is 0 Å². The number of aromatic nitrogens is 3. The predicted octanol–water partition coefficient (Wildman–Crippen LogP) is 2.40. The van der Waals surface area contributed by atoms with Crippen molar-refractivity contribution in [3.8, 4) is 17.1 Å². The van der Waals surface area contributed by atoms with Crippen LogP contribution in [-0.4, -0.2) is 27.9 Å². The fraction of sp³-hybridized carbons (Fsp3) is 0.467. The van der Waals surface area contributed by atoms with Crippen LogP contribution >= 0.6 is 0 Å². The standard InChI is InChI=1S/C15H20N4O/c1-3-13-15-18-17-14(19(15)10-9-16-13)11-5-7-12(8-6-11)20-4-2/h5-8,13,16H,3-4,9-10H2,1-2H3. The molecule has 1 unspecified atom stereocenters. The van der Waals surface area contributed by atoms with Gasteiger partial charge in [-0.15, -0.1) is 10.2 Å². The van der Waals surface area contributed by atoms with Crippen LogP contribution in [0.2, 0.25) is 0 Å². The van der Waals surface area contributed by atoms with Crippen molar-refractivity contribution in [2.24, 2.45) is 0 Å². The molecule has 1 N–H and O–H groups in total. The van der Waals surface area contributed by atoms with Gasteiger partial charge in [0.25, 0.3) is 0 Å². The van der Waals surface area contributed by atoms with E-state index in [4.69, 9.17) is 4.74 Å². The summed E-state index contributed by atoms with van der Waals surface area (Å²) in [4.78, 5) is 0. The van der Waals surface area contributed by atoms with Crippen LogP contribution in [0.1, 0.15) is 32.1 Å². The van der Waals surface area contributed by atoms with E-state index in [1.807, 2.05) is 31.2 Å². The highest BCUT2D eigenvalue weighted by atomic mass is 16.5. The summed E-state index contributed by atoms with van der Waals surface area (Å²) in [6.07, 6.45) is 1.03. The van der Waals surface area contributed by atoms with Crippen LogP contribution in [0.25, 0.3) is 11.4 Å². The maximum atomic E-state index is 5.47. The van der Waals surface area contributed by atoms with Crippen LogP contribution in [0.15, 0.2) is 24.3 Å². The molecule has 5 nitrogen and oxygen atoms in total. The van der Waals surface area contributed by atoms with E-state index in [1.54, 1.807) is 0 Å². The molecule has 106 valence electrons. The summed E-state index contributed by atoms with van der Waals surface area (Å²) in [6, 6.07) is 8.38. The minimum atomic E-state index is 0.313. The van der Waals surface area contributed by atoms with Gasteiger partial charge in [-0.1, -0.05) is 6.92 Å². The molecule has 2 heterocycles. The zero-order chi connectivity index (χ0) is 13.9. The van der Waals surface area contributed by atoms with E-state index in [9.17, 15) is 0 Å². The monoisotopic (exact) mass is 272 g/mol. The Kier molecular flexibility index (Phi) is 3.69. The lowest BCUT2D eigenvalue weighted by Crippen LogP contribution is -2.33. The number of hydrogen-bond donors (Lipinski definition) is 1. The van der Waals surface area contributed by atoms with Crippen molar-refractivity contribution < 1.29 is 4.74 Å². The molecular formula is C15H20N4O. The third-order valence-electron chi connectivity index (χ3n) is 3.65. The molecule has 2 aromatic rings. The van der Waals surface area contributed by atoms with Crippen LogP contribution in [0.5, 0.6) is 5.75 Å². The Morgan fingerprint density at radius 1 is 1.25 bits per heavy atom. The third-order valence-corrected chi connectivity index (χ3v) is 3.65. The molecule has 0 spiro atoms. The van der Waals surface area contributed by atoms with E-state index in [-0.39, 0.29) is 0 Å². The largest absolute Gasteiger partial charge is 0.494 e. The first kappa shape index (κ1) is 13.1. The van der Waals surface area contributed by atoms with Crippen molar-refractivity contribution in [3.05, 3.63) is 30.1 Å². The summed E-state index contributed by atoms with van der Waals surface area (Å²) in [5.41, 5.74) is 1.09. The van der Waals surface area contributed by atoms with Crippen LogP contribution in [0, 0.1) is 0 Å². The molecule has 0 fully saturated rings. The van der Waals surface area contributed by atoms with Gasteiger partial charge in [-0.05, 0) is 37.6 Å². The fourth-order valence-corrected chi connectivity index (χ4v) is 2.64. The van der Waals surface area contributed by atoms with Crippen molar-refractivity contribution in [2.45, 2.75) is 32.9 Å². The molecule has 0 radical (unpaired) electrons. The Balaban J connectivity index is 1.93. The summed E-state index contributed by atoms with van der Waals surface area (Å²) >= 11 is 0. The molecule has 20 heavy (non-hydrogen) atoms.